The van der Waals surface area contributed by atoms with Gasteiger partial charge in [-0.1, -0.05) is 18.2 Å². The number of nitrogens with zero attached hydrogens (tertiary/aromatic N) is 4. The van der Waals surface area contributed by atoms with Crippen molar-refractivity contribution in [3.05, 3.63) is 107 Å². The standard InChI is InChI=1S/C29H28F3N5S/c1-18-17-22(19(2)36(18)25-11-6-5-9-23(25)29(30,31)32)27-26(24-10-7-8-16-33-24)34-28(38)37(27)21-14-12-20(13-15-21)35(3)4/h5-17,26-27H,1-4H3,(H,34,38)/t26-,27-/m1/s1. The first-order valence-corrected chi connectivity index (χ1v) is 12.6. The van der Waals surface area contributed by atoms with Gasteiger partial charge in [-0.15, -0.1) is 0 Å². The van der Waals surface area contributed by atoms with Gasteiger partial charge in [-0.2, -0.15) is 13.2 Å². The molecule has 0 radical (unpaired) electrons. The fourth-order valence-electron chi connectivity index (χ4n) is 5.23. The predicted octanol–water partition coefficient (Wildman–Crippen LogP) is 6.75. The molecule has 2 atom stereocenters. The molecule has 3 heterocycles. The number of hydrogen-bond donors (Lipinski definition) is 1. The van der Waals surface area contributed by atoms with E-state index >= 15 is 0 Å². The largest absolute Gasteiger partial charge is 0.418 e. The minimum absolute atomic E-state index is 0.103. The lowest BCUT2D eigenvalue weighted by Crippen LogP contribution is -2.29. The molecule has 0 aliphatic carbocycles. The summed E-state index contributed by atoms with van der Waals surface area (Å²) in [5.41, 5.74) is 4.45. The Morgan fingerprint density at radius 3 is 2.26 bits per heavy atom. The van der Waals surface area contributed by atoms with E-state index in [1.165, 1.54) is 12.1 Å². The van der Waals surface area contributed by atoms with E-state index in [0.29, 0.717) is 16.5 Å². The summed E-state index contributed by atoms with van der Waals surface area (Å²) < 4.78 is 43.5. The van der Waals surface area contributed by atoms with Gasteiger partial charge in [-0.3, -0.25) is 4.98 Å². The average molecular weight is 536 g/mol. The van der Waals surface area contributed by atoms with E-state index in [0.717, 1.165) is 28.7 Å². The van der Waals surface area contributed by atoms with E-state index in [9.17, 15) is 13.2 Å². The monoisotopic (exact) mass is 535 g/mol. The van der Waals surface area contributed by atoms with Gasteiger partial charge >= 0.3 is 6.18 Å². The molecule has 9 heteroatoms. The molecule has 1 N–H and O–H groups in total. The molecule has 5 nitrogen and oxygen atoms in total. The van der Waals surface area contributed by atoms with E-state index in [1.807, 2.05) is 86.3 Å². The summed E-state index contributed by atoms with van der Waals surface area (Å²) in [6, 6.07) is 20.8. The Bertz CT molecular complexity index is 1460. The Labute approximate surface area is 225 Å². The third kappa shape index (κ3) is 4.51. The highest BCUT2D eigenvalue weighted by atomic mass is 32.1. The summed E-state index contributed by atoms with van der Waals surface area (Å²) in [5.74, 6) is 0. The number of thiocarbonyl (C=S) groups is 1. The third-order valence-corrected chi connectivity index (χ3v) is 7.30. The lowest BCUT2D eigenvalue weighted by molar-refractivity contribution is -0.137. The van der Waals surface area contributed by atoms with Gasteiger partial charge in [-0.25, -0.2) is 0 Å². The Kier molecular flexibility index (Phi) is 6.65. The van der Waals surface area contributed by atoms with Crippen LogP contribution in [0.3, 0.4) is 0 Å². The molecule has 0 saturated carbocycles. The zero-order valence-electron chi connectivity index (χ0n) is 21.5. The first-order valence-electron chi connectivity index (χ1n) is 12.2. The van der Waals surface area contributed by atoms with Crippen molar-refractivity contribution in [2.24, 2.45) is 0 Å². The van der Waals surface area contributed by atoms with Crippen molar-refractivity contribution < 1.29 is 13.2 Å². The Balaban J connectivity index is 1.68. The molecule has 1 aliphatic rings. The van der Waals surface area contributed by atoms with Gasteiger partial charge in [0.05, 0.1) is 29.0 Å². The molecule has 0 amide bonds. The molecule has 2 aromatic heterocycles. The quantitative estimate of drug-likeness (QED) is 0.286. The maximum absolute atomic E-state index is 14.0. The molecule has 1 saturated heterocycles. The molecule has 0 spiro atoms. The van der Waals surface area contributed by atoms with E-state index < -0.39 is 11.7 Å². The number of para-hydroxylation sites is 1. The molecule has 0 bridgehead atoms. The Hall–Kier alpha value is -3.85. The van der Waals surface area contributed by atoms with Crippen LogP contribution in [0.4, 0.5) is 24.5 Å². The van der Waals surface area contributed by atoms with Crippen molar-refractivity contribution in [3.8, 4) is 5.69 Å². The number of rotatable bonds is 5. The van der Waals surface area contributed by atoms with Crippen LogP contribution in [-0.2, 0) is 6.18 Å². The summed E-state index contributed by atoms with van der Waals surface area (Å²) in [7, 11) is 3.95. The number of pyridine rings is 1. The van der Waals surface area contributed by atoms with Crippen LogP contribution in [0.25, 0.3) is 5.69 Å². The minimum Gasteiger partial charge on any atom is -0.378 e. The maximum atomic E-state index is 14.0. The van der Waals surface area contributed by atoms with Gasteiger partial charge in [0, 0.05) is 43.1 Å². The smallest absolute Gasteiger partial charge is 0.378 e. The summed E-state index contributed by atoms with van der Waals surface area (Å²) in [6.45, 7) is 3.69. The second kappa shape index (κ2) is 9.79. The zero-order chi connectivity index (χ0) is 27.2. The number of halogens is 3. The van der Waals surface area contributed by atoms with Crippen LogP contribution in [-0.4, -0.2) is 28.8 Å². The van der Waals surface area contributed by atoms with E-state index in [-0.39, 0.29) is 17.8 Å². The van der Waals surface area contributed by atoms with Crippen LogP contribution in [0.2, 0.25) is 0 Å². The second-order valence-corrected chi connectivity index (χ2v) is 9.97. The van der Waals surface area contributed by atoms with Crippen LogP contribution in [0.1, 0.15) is 40.3 Å². The molecule has 4 aromatic rings. The number of aryl methyl sites for hydroxylation is 1. The summed E-state index contributed by atoms with van der Waals surface area (Å²) >= 11 is 5.83. The molecular weight excluding hydrogens is 507 g/mol. The molecule has 196 valence electrons. The van der Waals surface area contributed by atoms with Crippen molar-refractivity contribution in [2.45, 2.75) is 32.1 Å². The highest BCUT2D eigenvalue weighted by molar-refractivity contribution is 7.80. The third-order valence-electron chi connectivity index (χ3n) is 6.98. The van der Waals surface area contributed by atoms with E-state index in [4.69, 9.17) is 12.2 Å². The lowest BCUT2D eigenvalue weighted by Gasteiger charge is -2.28. The normalized spacial score (nSPS) is 17.6. The molecule has 2 aromatic carbocycles. The highest BCUT2D eigenvalue weighted by Crippen LogP contribution is 2.44. The average Bonchev–Trinajstić information content (AvgIpc) is 3.39. The first-order chi connectivity index (χ1) is 18.1. The maximum Gasteiger partial charge on any atom is 0.418 e. The van der Waals surface area contributed by atoms with Gasteiger partial charge in [0.15, 0.2) is 5.11 Å². The van der Waals surface area contributed by atoms with Gasteiger partial charge in [0.2, 0.25) is 0 Å². The minimum atomic E-state index is -4.48. The van der Waals surface area contributed by atoms with Crippen molar-refractivity contribution in [1.29, 1.82) is 0 Å². The molecule has 5 rings (SSSR count). The summed E-state index contributed by atoms with van der Waals surface area (Å²) in [6.07, 6.45) is -2.75. The number of alkyl halides is 3. The summed E-state index contributed by atoms with van der Waals surface area (Å²) in [4.78, 5) is 8.64. The van der Waals surface area contributed by atoms with Gasteiger partial charge in [0.25, 0.3) is 0 Å². The van der Waals surface area contributed by atoms with Crippen LogP contribution in [0.5, 0.6) is 0 Å². The van der Waals surface area contributed by atoms with E-state index in [1.54, 1.807) is 16.8 Å². The molecule has 0 unspecified atom stereocenters. The highest BCUT2D eigenvalue weighted by Gasteiger charge is 2.43. The van der Waals surface area contributed by atoms with Crippen LogP contribution in [0.15, 0.2) is 79.0 Å². The lowest BCUT2D eigenvalue weighted by atomic mass is 9.96. The number of anilines is 2. The Morgan fingerprint density at radius 2 is 1.63 bits per heavy atom. The van der Waals surface area contributed by atoms with Crippen LogP contribution in [0, 0.1) is 13.8 Å². The number of nitrogens with one attached hydrogen (secondary N) is 1. The Morgan fingerprint density at radius 1 is 0.947 bits per heavy atom. The molecule has 1 aliphatic heterocycles. The SMILES string of the molecule is Cc1cc([C@@H]2[C@@H](c3ccccn3)NC(=S)N2c2ccc(N(C)C)cc2)c(C)n1-c1ccccc1C(F)(F)F. The van der Waals surface area contributed by atoms with Crippen LogP contribution >= 0.6 is 12.2 Å². The predicted molar refractivity (Wildman–Crippen MR) is 149 cm³/mol. The topological polar surface area (TPSA) is 36.3 Å². The number of aromatic nitrogens is 2. The number of hydrogen-bond acceptors (Lipinski definition) is 3. The van der Waals surface area contributed by atoms with Crippen molar-refractivity contribution in [1.82, 2.24) is 14.9 Å². The van der Waals surface area contributed by atoms with Crippen LogP contribution < -0.4 is 15.1 Å². The molecule has 38 heavy (non-hydrogen) atoms. The van der Waals surface area contributed by atoms with Gasteiger partial charge in [0.1, 0.15) is 0 Å². The van der Waals surface area contributed by atoms with Crippen molar-refractivity contribution >= 4 is 28.7 Å². The van der Waals surface area contributed by atoms with Crippen molar-refractivity contribution in [3.63, 3.8) is 0 Å². The molecular formula is C29H28F3N5S. The van der Waals surface area contributed by atoms with E-state index in [2.05, 4.69) is 10.3 Å². The fraction of sp³-hybridized carbons (Fsp3) is 0.241. The first kappa shape index (κ1) is 25.8. The summed E-state index contributed by atoms with van der Waals surface area (Å²) in [5, 5.41) is 3.96. The second-order valence-electron chi connectivity index (χ2n) is 9.58. The van der Waals surface area contributed by atoms with Gasteiger partial charge in [-0.05, 0) is 86.2 Å². The molecule has 1 fully saturated rings. The zero-order valence-corrected chi connectivity index (χ0v) is 22.3. The van der Waals surface area contributed by atoms with Crippen molar-refractivity contribution in [2.75, 3.05) is 23.9 Å². The van der Waals surface area contributed by atoms with Gasteiger partial charge < -0.3 is 19.7 Å². The fourth-order valence-corrected chi connectivity index (χ4v) is 5.57. The number of benzene rings is 2.